The molecule has 2 aromatic rings. The van der Waals surface area contributed by atoms with Crippen LogP contribution < -0.4 is 19.5 Å². The standard InChI is InChI=1S/C21H26BrNO4/c1-4-10-26-18-9-7-16(13-17(18)22)21(24)23-14-15-6-8-19(27-11-5-2)20(12-15)25-3/h6-9,12-13H,4-5,10-11,14H2,1-3H3,(H,23,24). The molecule has 5 nitrogen and oxygen atoms in total. The third-order valence-electron chi connectivity index (χ3n) is 3.80. The number of rotatable bonds is 10. The van der Waals surface area contributed by atoms with Crippen LogP contribution in [-0.4, -0.2) is 26.2 Å². The van der Waals surface area contributed by atoms with Gasteiger partial charge in [-0.3, -0.25) is 4.79 Å². The zero-order valence-electron chi connectivity index (χ0n) is 16.0. The Morgan fingerprint density at radius 2 is 1.63 bits per heavy atom. The Balaban J connectivity index is 1.99. The highest BCUT2D eigenvalue weighted by Gasteiger charge is 2.11. The first kappa shape index (κ1) is 21.1. The van der Waals surface area contributed by atoms with E-state index in [2.05, 4.69) is 28.2 Å². The van der Waals surface area contributed by atoms with Gasteiger partial charge < -0.3 is 19.5 Å². The second kappa shape index (κ2) is 10.8. The van der Waals surface area contributed by atoms with E-state index >= 15 is 0 Å². The zero-order chi connectivity index (χ0) is 19.6. The van der Waals surface area contributed by atoms with Crippen LogP contribution in [0.4, 0.5) is 0 Å². The van der Waals surface area contributed by atoms with Crippen LogP contribution in [0.5, 0.6) is 17.2 Å². The molecule has 0 spiro atoms. The molecule has 0 bridgehead atoms. The third-order valence-corrected chi connectivity index (χ3v) is 4.42. The zero-order valence-corrected chi connectivity index (χ0v) is 17.6. The number of hydrogen-bond donors (Lipinski definition) is 1. The molecule has 0 aliphatic heterocycles. The van der Waals surface area contributed by atoms with Gasteiger partial charge in [0.1, 0.15) is 5.75 Å². The monoisotopic (exact) mass is 435 g/mol. The van der Waals surface area contributed by atoms with E-state index in [1.165, 1.54) is 0 Å². The lowest BCUT2D eigenvalue weighted by molar-refractivity contribution is 0.0950. The van der Waals surface area contributed by atoms with Crippen molar-refractivity contribution in [3.63, 3.8) is 0 Å². The lowest BCUT2D eigenvalue weighted by Gasteiger charge is -2.12. The van der Waals surface area contributed by atoms with Gasteiger partial charge in [-0.15, -0.1) is 0 Å². The molecule has 0 fully saturated rings. The van der Waals surface area contributed by atoms with E-state index < -0.39 is 0 Å². The summed E-state index contributed by atoms with van der Waals surface area (Å²) in [5, 5.41) is 2.92. The Labute approximate surface area is 169 Å². The van der Waals surface area contributed by atoms with Gasteiger partial charge in [0, 0.05) is 12.1 Å². The van der Waals surface area contributed by atoms with E-state index in [-0.39, 0.29) is 5.91 Å². The predicted octanol–water partition coefficient (Wildman–Crippen LogP) is 4.97. The van der Waals surface area contributed by atoms with Gasteiger partial charge in [0.15, 0.2) is 11.5 Å². The molecule has 6 heteroatoms. The maximum Gasteiger partial charge on any atom is 0.251 e. The summed E-state index contributed by atoms with van der Waals surface area (Å²) in [4.78, 5) is 12.4. The van der Waals surface area contributed by atoms with E-state index in [0.29, 0.717) is 36.8 Å². The van der Waals surface area contributed by atoms with Crippen LogP contribution in [0.15, 0.2) is 40.9 Å². The number of benzene rings is 2. The second-order valence-corrected chi connectivity index (χ2v) is 6.86. The van der Waals surface area contributed by atoms with E-state index in [0.717, 1.165) is 28.6 Å². The largest absolute Gasteiger partial charge is 0.493 e. The number of halogens is 1. The van der Waals surface area contributed by atoms with Gasteiger partial charge in [-0.2, -0.15) is 0 Å². The topological polar surface area (TPSA) is 56.8 Å². The Morgan fingerprint density at radius 3 is 2.26 bits per heavy atom. The van der Waals surface area contributed by atoms with Crippen molar-refractivity contribution >= 4 is 21.8 Å². The maximum absolute atomic E-state index is 12.4. The molecule has 0 heterocycles. The molecule has 2 aromatic carbocycles. The Morgan fingerprint density at radius 1 is 0.963 bits per heavy atom. The molecule has 0 atom stereocenters. The molecule has 0 saturated carbocycles. The van der Waals surface area contributed by atoms with Crippen LogP contribution in [0.25, 0.3) is 0 Å². The van der Waals surface area contributed by atoms with Crippen molar-refractivity contribution in [3.05, 3.63) is 52.0 Å². The third kappa shape index (κ3) is 6.17. The van der Waals surface area contributed by atoms with Crippen molar-refractivity contribution in [2.24, 2.45) is 0 Å². The number of methoxy groups -OCH3 is 1. The molecule has 1 N–H and O–H groups in total. The first-order chi connectivity index (χ1) is 13.1. The predicted molar refractivity (Wildman–Crippen MR) is 110 cm³/mol. The molecule has 2 rings (SSSR count). The fraction of sp³-hybridized carbons (Fsp3) is 0.381. The van der Waals surface area contributed by atoms with E-state index in [1.807, 2.05) is 25.1 Å². The molecule has 146 valence electrons. The van der Waals surface area contributed by atoms with Crippen LogP contribution in [0.3, 0.4) is 0 Å². The molecule has 0 aliphatic carbocycles. The number of hydrogen-bond acceptors (Lipinski definition) is 4. The van der Waals surface area contributed by atoms with Gasteiger partial charge >= 0.3 is 0 Å². The molecule has 0 saturated heterocycles. The summed E-state index contributed by atoms with van der Waals surface area (Å²) in [6.07, 6.45) is 1.86. The van der Waals surface area contributed by atoms with Crippen LogP contribution in [-0.2, 0) is 6.54 Å². The van der Waals surface area contributed by atoms with Crippen molar-refractivity contribution in [2.45, 2.75) is 33.2 Å². The quantitative estimate of drug-likeness (QED) is 0.572. The van der Waals surface area contributed by atoms with Crippen LogP contribution in [0.2, 0.25) is 0 Å². The number of nitrogens with one attached hydrogen (secondary N) is 1. The molecular weight excluding hydrogens is 410 g/mol. The van der Waals surface area contributed by atoms with Crippen molar-refractivity contribution in [1.29, 1.82) is 0 Å². The van der Waals surface area contributed by atoms with Crippen LogP contribution in [0.1, 0.15) is 42.6 Å². The maximum atomic E-state index is 12.4. The summed E-state index contributed by atoms with van der Waals surface area (Å²) in [7, 11) is 1.61. The summed E-state index contributed by atoms with van der Waals surface area (Å²) >= 11 is 3.45. The molecule has 0 aromatic heterocycles. The van der Waals surface area contributed by atoms with E-state index in [1.54, 1.807) is 25.3 Å². The average molecular weight is 436 g/mol. The first-order valence-corrected chi connectivity index (χ1v) is 9.88. The van der Waals surface area contributed by atoms with E-state index in [9.17, 15) is 4.79 Å². The molecule has 0 aliphatic rings. The SMILES string of the molecule is CCCOc1ccc(C(=O)NCc2ccc(OCCC)c(OC)c2)cc1Br. The highest BCUT2D eigenvalue weighted by atomic mass is 79.9. The first-order valence-electron chi connectivity index (χ1n) is 9.09. The number of carbonyl (C=O) groups excluding carboxylic acids is 1. The van der Waals surface area contributed by atoms with Crippen LogP contribution in [0, 0.1) is 0 Å². The minimum atomic E-state index is -0.150. The van der Waals surface area contributed by atoms with Gasteiger partial charge in [0.25, 0.3) is 5.91 Å². The normalized spacial score (nSPS) is 10.4. The van der Waals surface area contributed by atoms with Crippen molar-refractivity contribution in [2.75, 3.05) is 20.3 Å². The molecule has 0 unspecified atom stereocenters. The summed E-state index contributed by atoms with van der Waals surface area (Å²) in [6.45, 7) is 5.78. The van der Waals surface area contributed by atoms with Gasteiger partial charge in [-0.1, -0.05) is 19.9 Å². The van der Waals surface area contributed by atoms with E-state index in [4.69, 9.17) is 14.2 Å². The molecule has 1 amide bonds. The Hall–Kier alpha value is -2.21. The summed E-state index contributed by atoms with van der Waals surface area (Å²) in [6, 6.07) is 11.0. The van der Waals surface area contributed by atoms with Crippen molar-refractivity contribution in [3.8, 4) is 17.2 Å². The number of amides is 1. The second-order valence-electron chi connectivity index (χ2n) is 6.01. The summed E-state index contributed by atoms with van der Waals surface area (Å²) in [5.41, 5.74) is 1.51. The lowest BCUT2D eigenvalue weighted by atomic mass is 10.1. The Kier molecular flexibility index (Phi) is 8.45. The van der Waals surface area contributed by atoms with Gasteiger partial charge in [-0.25, -0.2) is 0 Å². The molecular formula is C21H26BrNO4. The smallest absolute Gasteiger partial charge is 0.251 e. The fourth-order valence-electron chi connectivity index (χ4n) is 2.41. The van der Waals surface area contributed by atoms with Gasteiger partial charge in [-0.05, 0) is 64.7 Å². The lowest BCUT2D eigenvalue weighted by Crippen LogP contribution is -2.22. The minimum absolute atomic E-state index is 0.150. The average Bonchev–Trinajstić information content (AvgIpc) is 2.69. The summed E-state index contributed by atoms with van der Waals surface area (Å²) in [5.74, 6) is 1.96. The number of ether oxygens (including phenoxy) is 3. The van der Waals surface area contributed by atoms with Crippen molar-refractivity contribution in [1.82, 2.24) is 5.32 Å². The van der Waals surface area contributed by atoms with Crippen molar-refractivity contribution < 1.29 is 19.0 Å². The Bertz CT molecular complexity index is 764. The molecule has 0 radical (unpaired) electrons. The highest BCUT2D eigenvalue weighted by Crippen LogP contribution is 2.28. The minimum Gasteiger partial charge on any atom is -0.493 e. The summed E-state index contributed by atoms with van der Waals surface area (Å²) < 4.78 is 17.4. The van der Waals surface area contributed by atoms with Gasteiger partial charge in [0.05, 0.1) is 24.8 Å². The number of carbonyl (C=O) groups is 1. The van der Waals surface area contributed by atoms with Crippen LogP contribution >= 0.6 is 15.9 Å². The highest BCUT2D eigenvalue weighted by molar-refractivity contribution is 9.10. The fourth-order valence-corrected chi connectivity index (χ4v) is 2.90. The molecule has 27 heavy (non-hydrogen) atoms. The van der Waals surface area contributed by atoms with Gasteiger partial charge in [0.2, 0.25) is 0 Å².